The second kappa shape index (κ2) is 5.03. The molecule has 1 fully saturated rings. The van der Waals surface area contributed by atoms with Crippen LogP contribution in [0, 0.1) is 0 Å². The molecule has 1 aromatic heterocycles. The van der Waals surface area contributed by atoms with Gasteiger partial charge in [-0.15, -0.1) is 0 Å². The highest BCUT2D eigenvalue weighted by Gasteiger charge is 2.29. The highest BCUT2D eigenvalue weighted by molar-refractivity contribution is 7.22. The summed E-state index contributed by atoms with van der Waals surface area (Å²) in [7, 11) is 0. The van der Waals surface area contributed by atoms with E-state index >= 15 is 0 Å². The first kappa shape index (κ1) is 13.3. The van der Waals surface area contributed by atoms with Crippen molar-refractivity contribution in [3.8, 4) is 0 Å². The first-order chi connectivity index (χ1) is 9.56. The van der Waals surface area contributed by atoms with E-state index in [0.29, 0.717) is 17.3 Å². The van der Waals surface area contributed by atoms with Crippen molar-refractivity contribution in [2.45, 2.75) is 25.3 Å². The fraction of sp³-hybridized carbons (Fsp3) is 0.429. The van der Waals surface area contributed by atoms with E-state index in [0.717, 1.165) is 29.7 Å². The van der Waals surface area contributed by atoms with Crippen molar-refractivity contribution >= 4 is 32.6 Å². The lowest BCUT2D eigenvalue weighted by Crippen LogP contribution is -2.51. The molecule has 1 saturated heterocycles. The van der Waals surface area contributed by atoms with Crippen LogP contribution in [0.2, 0.25) is 0 Å². The summed E-state index contributed by atoms with van der Waals surface area (Å²) in [6, 6.07) is 5.45. The Balaban J connectivity index is 1.81. The van der Waals surface area contributed by atoms with Crippen LogP contribution in [0.1, 0.15) is 30.1 Å². The number of amides is 1. The molecule has 106 valence electrons. The number of benzene rings is 1. The van der Waals surface area contributed by atoms with Crippen molar-refractivity contribution in [2.24, 2.45) is 0 Å². The van der Waals surface area contributed by atoms with Gasteiger partial charge in [-0.05, 0) is 38.0 Å². The van der Waals surface area contributed by atoms with E-state index in [-0.39, 0.29) is 11.4 Å². The molecule has 20 heavy (non-hydrogen) atoms. The average molecular weight is 291 g/mol. The van der Waals surface area contributed by atoms with Gasteiger partial charge < -0.3 is 15.8 Å². The van der Waals surface area contributed by atoms with Crippen molar-refractivity contribution in [2.75, 3.05) is 18.9 Å². The molecule has 1 aromatic carbocycles. The molecule has 1 amide bonds. The largest absolute Gasteiger partial charge is 0.379 e. The maximum absolute atomic E-state index is 12.4. The summed E-state index contributed by atoms with van der Waals surface area (Å²) in [5.41, 5.74) is 6.86. The lowest BCUT2D eigenvalue weighted by molar-refractivity contribution is 0.0272. The van der Waals surface area contributed by atoms with Crippen LogP contribution in [0.15, 0.2) is 18.2 Å². The Morgan fingerprint density at radius 3 is 3.15 bits per heavy atom. The number of hydrogen-bond donors (Lipinski definition) is 2. The number of ether oxygens (including phenoxy) is 1. The number of nitrogens with zero attached hydrogens (tertiary/aromatic N) is 1. The van der Waals surface area contributed by atoms with Crippen LogP contribution in [0.5, 0.6) is 0 Å². The Morgan fingerprint density at radius 2 is 2.40 bits per heavy atom. The minimum atomic E-state index is -0.281. The highest BCUT2D eigenvalue weighted by atomic mass is 32.1. The van der Waals surface area contributed by atoms with Crippen LogP contribution in [-0.2, 0) is 4.74 Å². The molecule has 2 heterocycles. The molecule has 1 atom stereocenters. The van der Waals surface area contributed by atoms with Crippen LogP contribution in [0.3, 0.4) is 0 Å². The topological polar surface area (TPSA) is 77.2 Å². The molecule has 6 heteroatoms. The Kier molecular flexibility index (Phi) is 3.35. The monoisotopic (exact) mass is 291 g/mol. The Labute approximate surface area is 121 Å². The van der Waals surface area contributed by atoms with Crippen LogP contribution in [0.25, 0.3) is 10.2 Å². The van der Waals surface area contributed by atoms with E-state index in [4.69, 9.17) is 10.5 Å². The van der Waals surface area contributed by atoms with E-state index in [9.17, 15) is 4.79 Å². The van der Waals surface area contributed by atoms with Gasteiger partial charge >= 0.3 is 0 Å². The van der Waals surface area contributed by atoms with Gasteiger partial charge in [0.05, 0.1) is 22.4 Å². The highest BCUT2D eigenvalue weighted by Crippen LogP contribution is 2.25. The Bertz CT molecular complexity index is 647. The van der Waals surface area contributed by atoms with Crippen LogP contribution < -0.4 is 11.1 Å². The number of carbonyl (C=O) groups excluding carboxylic acids is 1. The molecule has 2 aromatic rings. The van der Waals surface area contributed by atoms with Gasteiger partial charge in [-0.3, -0.25) is 4.79 Å². The molecule has 1 unspecified atom stereocenters. The Morgan fingerprint density at radius 1 is 1.55 bits per heavy atom. The van der Waals surface area contributed by atoms with E-state index in [1.807, 2.05) is 19.1 Å². The standard InChI is InChI=1S/C14H17N3O2S/c1-14(5-2-6-19-8-14)17-12(18)9-3-4-10-11(7-9)20-13(15)16-10/h3-4,7H,2,5-6,8H2,1H3,(H2,15,16)(H,17,18). The third-order valence-electron chi connectivity index (χ3n) is 3.52. The number of anilines is 1. The SMILES string of the molecule is CC1(NC(=O)c2ccc3nc(N)sc3c2)CCCOC1. The van der Waals surface area contributed by atoms with Gasteiger partial charge in [0.25, 0.3) is 5.91 Å². The van der Waals surface area contributed by atoms with Crippen LogP contribution >= 0.6 is 11.3 Å². The summed E-state index contributed by atoms with van der Waals surface area (Å²) in [5, 5.41) is 3.59. The summed E-state index contributed by atoms with van der Waals surface area (Å²) in [5.74, 6) is -0.0770. The number of thiazole rings is 1. The van der Waals surface area contributed by atoms with E-state index < -0.39 is 0 Å². The predicted octanol–water partition coefficient (Wildman–Crippen LogP) is 2.18. The molecule has 5 nitrogen and oxygen atoms in total. The van der Waals surface area contributed by atoms with Gasteiger partial charge in [0.15, 0.2) is 5.13 Å². The molecule has 0 spiro atoms. The Hall–Kier alpha value is -1.66. The van der Waals surface area contributed by atoms with Crippen molar-refractivity contribution < 1.29 is 9.53 Å². The number of aromatic nitrogens is 1. The van der Waals surface area contributed by atoms with Crippen molar-refractivity contribution in [1.82, 2.24) is 10.3 Å². The molecular formula is C14H17N3O2S. The second-order valence-electron chi connectivity index (χ2n) is 5.41. The van der Waals surface area contributed by atoms with Crippen molar-refractivity contribution in [1.29, 1.82) is 0 Å². The molecule has 1 aliphatic heterocycles. The van der Waals surface area contributed by atoms with Gasteiger partial charge in [0.2, 0.25) is 0 Å². The summed E-state index contributed by atoms with van der Waals surface area (Å²) in [6.07, 6.45) is 1.91. The minimum absolute atomic E-state index is 0.0770. The van der Waals surface area contributed by atoms with E-state index in [2.05, 4.69) is 10.3 Å². The van der Waals surface area contributed by atoms with Gasteiger partial charge in [0.1, 0.15) is 0 Å². The van der Waals surface area contributed by atoms with Gasteiger partial charge in [0, 0.05) is 12.2 Å². The maximum Gasteiger partial charge on any atom is 0.251 e. The molecule has 0 radical (unpaired) electrons. The number of carbonyl (C=O) groups is 1. The quantitative estimate of drug-likeness (QED) is 0.889. The predicted molar refractivity (Wildman–Crippen MR) is 80.0 cm³/mol. The van der Waals surface area contributed by atoms with Gasteiger partial charge in [-0.25, -0.2) is 4.98 Å². The lowest BCUT2D eigenvalue weighted by Gasteiger charge is -2.34. The molecule has 0 aliphatic carbocycles. The number of nitrogen functional groups attached to an aromatic ring is 1. The van der Waals surface area contributed by atoms with Crippen LogP contribution in [-0.4, -0.2) is 29.6 Å². The maximum atomic E-state index is 12.4. The zero-order valence-electron chi connectivity index (χ0n) is 11.3. The van der Waals surface area contributed by atoms with Gasteiger partial charge in [-0.1, -0.05) is 11.3 Å². The summed E-state index contributed by atoms with van der Waals surface area (Å²) < 4.78 is 6.39. The van der Waals surface area contributed by atoms with E-state index in [1.54, 1.807) is 6.07 Å². The third-order valence-corrected chi connectivity index (χ3v) is 4.37. The number of nitrogens with one attached hydrogen (secondary N) is 1. The normalized spacial score (nSPS) is 22.9. The molecule has 1 aliphatic rings. The summed E-state index contributed by atoms with van der Waals surface area (Å²) >= 11 is 1.39. The van der Waals surface area contributed by atoms with Crippen LogP contribution in [0.4, 0.5) is 5.13 Å². The fourth-order valence-electron chi connectivity index (χ4n) is 2.46. The number of fused-ring (bicyclic) bond motifs is 1. The summed E-state index contributed by atoms with van der Waals surface area (Å²) in [4.78, 5) is 16.5. The lowest BCUT2D eigenvalue weighted by atomic mass is 9.94. The second-order valence-corrected chi connectivity index (χ2v) is 6.47. The first-order valence-corrected chi connectivity index (χ1v) is 7.44. The van der Waals surface area contributed by atoms with Crippen molar-refractivity contribution in [3.63, 3.8) is 0 Å². The smallest absolute Gasteiger partial charge is 0.251 e. The van der Waals surface area contributed by atoms with Crippen molar-refractivity contribution in [3.05, 3.63) is 23.8 Å². The molecule has 3 N–H and O–H groups in total. The number of hydrogen-bond acceptors (Lipinski definition) is 5. The summed E-state index contributed by atoms with van der Waals surface area (Å²) in [6.45, 7) is 3.36. The fourth-order valence-corrected chi connectivity index (χ4v) is 3.24. The van der Waals surface area contributed by atoms with E-state index in [1.165, 1.54) is 11.3 Å². The zero-order chi connectivity index (χ0) is 14.2. The minimum Gasteiger partial charge on any atom is -0.379 e. The first-order valence-electron chi connectivity index (χ1n) is 6.62. The number of nitrogens with two attached hydrogens (primary N) is 1. The number of rotatable bonds is 2. The average Bonchev–Trinajstić information content (AvgIpc) is 2.78. The third kappa shape index (κ3) is 2.62. The molecule has 3 rings (SSSR count). The van der Waals surface area contributed by atoms with Gasteiger partial charge in [-0.2, -0.15) is 0 Å². The molecular weight excluding hydrogens is 274 g/mol. The molecule has 0 saturated carbocycles. The molecule has 0 bridgehead atoms. The zero-order valence-corrected chi connectivity index (χ0v) is 12.1.